The van der Waals surface area contributed by atoms with E-state index in [1.807, 2.05) is 27.7 Å². The fraction of sp³-hybridized carbons (Fsp3) is 0.609. The number of hydrogen-bond donors (Lipinski definition) is 3. The second-order valence-corrected chi connectivity index (χ2v) is 8.60. The van der Waals surface area contributed by atoms with E-state index in [0.717, 1.165) is 26.2 Å². The molecule has 0 bridgehead atoms. The quantitative estimate of drug-likeness (QED) is 0.513. The first-order valence-corrected chi connectivity index (χ1v) is 11.4. The first kappa shape index (κ1) is 27.1. The third kappa shape index (κ3) is 7.18. The summed E-state index contributed by atoms with van der Waals surface area (Å²) in [4.78, 5) is 16.4. The Kier molecular flexibility index (Phi) is 9.44. The van der Waals surface area contributed by atoms with Crippen molar-refractivity contribution < 1.29 is 18.6 Å². The van der Waals surface area contributed by atoms with Crippen molar-refractivity contribution in [2.45, 2.75) is 78.5 Å². The Balaban J connectivity index is 0.00000199. The molecule has 2 atom stereocenters. The highest BCUT2D eigenvalue weighted by Crippen LogP contribution is 2.37. The van der Waals surface area contributed by atoms with Crippen LogP contribution in [0, 0.1) is 16.7 Å². The zero-order chi connectivity index (χ0) is 25.4. The maximum atomic E-state index is 13.1. The normalized spacial score (nSPS) is 19.3. The van der Waals surface area contributed by atoms with Crippen LogP contribution in [-0.2, 0) is 6.54 Å². The SMILES string of the molecule is CC.CC(F)(F)COc1ncncc1CNc1ncc(C#N)c(NC2CCCC(O)C2(C)C)n1. The smallest absolute Gasteiger partial charge is 0.278 e. The largest absolute Gasteiger partial charge is 0.471 e. The number of nitrogens with one attached hydrogen (secondary N) is 2. The highest BCUT2D eigenvalue weighted by Gasteiger charge is 2.39. The highest BCUT2D eigenvalue weighted by molar-refractivity contribution is 5.54. The molecule has 1 aliphatic carbocycles. The van der Waals surface area contributed by atoms with Gasteiger partial charge in [-0.15, -0.1) is 0 Å². The summed E-state index contributed by atoms with van der Waals surface area (Å²) in [7, 11) is 0. The number of aliphatic hydroxyl groups is 1. The van der Waals surface area contributed by atoms with E-state index in [9.17, 15) is 19.1 Å². The third-order valence-electron chi connectivity index (χ3n) is 5.59. The monoisotopic (exact) mass is 477 g/mol. The van der Waals surface area contributed by atoms with E-state index >= 15 is 0 Å². The summed E-state index contributed by atoms with van der Waals surface area (Å²) in [5.74, 6) is -2.36. The molecule has 2 heterocycles. The lowest BCUT2D eigenvalue weighted by atomic mass is 9.71. The molecule has 1 saturated carbocycles. The van der Waals surface area contributed by atoms with Crippen molar-refractivity contribution in [2.24, 2.45) is 5.41 Å². The molecule has 1 fully saturated rings. The zero-order valence-electron chi connectivity index (χ0n) is 20.3. The van der Waals surface area contributed by atoms with Crippen LogP contribution in [0.3, 0.4) is 0 Å². The first-order valence-electron chi connectivity index (χ1n) is 11.4. The van der Waals surface area contributed by atoms with Crippen LogP contribution in [0.15, 0.2) is 18.7 Å². The van der Waals surface area contributed by atoms with E-state index in [2.05, 4.69) is 36.6 Å². The number of nitriles is 1. The van der Waals surface area contributed by atoms with E-state index < -0.39 is 24.0 Å². The van der Waals surface area contributed by atoms with E-state index in [1.165, 1.54) is 18.7 Å². The Morgan fingerprint density at radius 3 is 2.68 bits per heavy atom. The summed E-state index contributed by atoms with van der Waals surface area (Å²) in [5.41, 5.74) is 0.345. The van der Waals surface area contributed by atoms with Gasteiger partial charge in [-0.2, -0.15) is 10.2 Å². The van der Waals surface area contributed by atoms with Gasteiger partial charge in [0.25, 0.3) is 5.92 Å². The van der Waals surface area contributed by atoms with Crippen LogP contribution in [0.25, 0.3) is 0 Å². The van der Waals surface area contributed by atoms with Crippen molar-refractivity contribution in [3.05, 3.63) is 29.8 Å². The molecule has 0 aromatic carbocycles. The van der Waals surface area contributed by atoms with Crippen LogP contribution < -0.4 is 15.4 Å². The number of alkyl halides is 2. The van der Waals surface area contributed by atoms with Gasteiger partial charge in [0, 0.05) is 31.1 Å². The summed E-state index contributed by atoms with van der Waals surface area (Å²) in [6.07, 6.45) is 6.07. The van der Waals surface area contributed by atoms with Gasteiger partial charge < -0.3 is 20.5 Å². The molecule has 0 spiro atoms. The van der Waals surface area contributed by atoms with Crippen molar-refractivity contribution in [3.8, 4) is 11.9 Å². The molecule has 11 heteroatoms. The second kappa shape index (κ2) is 11.8. The lowest BCUT2D eigenvalue weighted by Crippen LogP contribution is -2.48. The highest BCUT2D eigenvalue weighted by atomic mass is 19.3. The van der Waals surface area contributed by atoms with Gasteiger partial charge in [-0.05, 0) is 19.3 Å². The van der Waals surface area contributed by atoms with Crippen LogP contribution in [0.5, 0.6) is 5.88 Å². The van der Waals surface area contributed by atoms with Gasteiger partial charge in [-0.3, -0.25) is 0 Å². The molecule has 186 valence electrons. The molecule has 0 amide bonds. The average molecular weight is 478 g/mol. The Bertz CT molecular complexity index is 977. The standard InChI is InChI=1S/C21H27F2N7O2.C2H6/c1-20(2)15(5-4-6-16(20)31)29-17-13(7-24)9-26-19(30-17)27-10-14-8-25-12-28-18(14)32-11-21(3,22)23;1-2/h8-9,12,15-16,31H,4-6,10-11H2,1-3H3,(H2,26,27,29,30);1-2H3. The van der Waals surface area contributed by atoms with E-state index in [0.29, 0.717) is 11.4 Å². The summed E-state index contributed by atoms with van der Waals surface area (Å²) < 4.78 is 31.4. The van der Waals surface area contributed by atoms with Gasteiger partial charge in [0.2, 0.25) is 11.8 Å². The molecule has 2 unspecified atom stereocenters. The van der Waals surface area contributed by atoms with Gasteiger partial charge >= 0.3 is 0 Å². The fourth-order valence-corrected chi connectivity index (χ4v) is 3.54. The van der Waals surface area contributed by atoms with Gasteiger partial charge in [-0.25, -0.2) is 23.7 Å². The van der Waals surface area contributed by atoms with Crippen molar-refractivity contribution in [1.29, 1.82) is 5.26 Å². The molecule has 3 N–H and O–H groups in total. The molecule has 0 radical (unpaired) electrons. The van der Waals surface area contributed by atoms with Gasteiger partial charge in [0.1, 0.15) is 23.8 Å². The van der Waals surface area contributed by atoms with Crippen LogP contribution in [0.1, 0.15) is 65.0 Å². The molecule has 1 aliphatic rings. The Morgan fingerprint density at radius 1 is 1.26 bits per heavy atom. The molecule has 34 heavy (non-hydrogen) atoms. The Morgan fingerprint density at radius 2 is 2.00 bits per heavy atom. The lowest BCUT2D eigenvalue weighted by Gasteiger charge is -2.43. The van der Waals surface area contributed by atoms with Crippen LogP contribution >= 0.6 is 0 Å². The summed E-state index contributed by atoms with van der Waals surface area (Å²) >= 11 is 0. The minimum absolute atomic E-state index is 0.0407. The average Bonchev–Trinajstić information content (AvgIpc) is 2.81. The zero-order valence-corrected chi connectivity index (χ0v) is 20.3. The molecule has 3 rings (SSSR count). The Hall–Kier alpha value is -3.13. The lowest BCUT2D eigenvalue weighted by molar-refractivity contribution is -0.0245. The number of rotatable bonds is 8. The van der Waals surface area contributed by atoms with E-state index in [-0.39, 0.29) is 30.0 Å². The number of anilines is 2. The minimum atomic E-state index is -2.99. The van der Waals surface area contributed by atoms with Crippen molar-refractivity contribution in [2.75, 3.05) is 17.2 Å². The molecule has 2 aromatic rings. The number of aliphatic hydroxyl groups excluding tert-OH is 1. The maximum Gasteiger partial charge on any atom is 0.278 e. The van der Waals surface area contributed by atoms with Crippen LogP contribution in [0.4, 0.5) is 20.5 Å². The second-order valence-electron chi connectivity index (χ2n) is 8.60. The van der Waals surface area contributed by atoms with Gasteiger partial charge in [-0.1, -0.05) is 27.7 Å². The van der Waals surface area contributed by atoms with E-state index in [4.69, 9.17) is 4.74 Å². The fourth-order valence-electron chi connectivity index (χ4n) is 3.54. The Labute approximate surface area is 199 Å². The van der Waals surface area contributed by atoms with Crippen molar-refractivity contribution in [1.82, 2.24) is 19.9 Å². The molecule has 0 aliphatic heterocycles. The molecule has 2 aromatic heterocycles. The van der Waals surface area contributed by atoms with Gasteiger partial charge in [0.05, 0.1) is 17.9 Å². The van der Waals surface area contributed by atoms with Gasteiger partial charge in [0.15, 0.2) is 6.61 Å². The molecular formula is C23H33F2N7O2. The minimum Gasteiger partial charge on any atom is -0.471 e. The maximum absolute atomic E-state index is 13.1. The summed E-state index contributed by atoms with van der Waals surface area (Å²) in [6.45, 7) is 8.05. The van der Waals surface area contributed by atoms with Crippen molar-refractivity contribution >= 4 is 11.8 Å². The topological polar surface area (TPSA) is 129 Å². The van der Waals surface area contributed by atoms with Crippen molar-refractivity contribution in [3.63, 3.8) is 0 Å². The number of halogens is 2. The summed E-state index contributed by atoms with van der Waals surface area (Å²) in [5, 5.41) is 26.1. The molecular weight excluding hydrogens is 444 g/mol. The number of hydrogen-bond acceptors (Lipinski definition) is 9. The predicted molar refractivity (Wildman–Crippen MR) is 125 cm³/mol. The number of nitrogens with zero attached hydrogens (tertiary/aromatic N) is 5. The van der Waals surface area contributed by atoms with Crippen LogP contribution in [-0.4, -0.2) is 49.7 Å². The number of aromatic nitrogens is 4. The van der Waals surface area contributed by atoms with E-state index in [1.54, 1.807) is 0 Å². The summed E-state index contributed by atoms with van der Waals surface area (Å²) in [6, 6.07) is 2.01. The first-order chi connectivity index (χ1) is 16.1. The molecule has 9 nitrogen and oxygen atoms in total. The van der Waals surface area contributed by atoms with Crippen LogP contribution in [0.2, 0.25) is 0 Å². The molecule has 0 saturated heterocycles. The predicted octanol–water partition coefficient (Wildman–Crippen LogP) is 4.16. The number of ether oxygens (including phenoxy) is 1. The third-order valence-corrected chi connectivity index (χ3v) is 5.59.